The molecule has 0 saturated carbocycles. The zero-order valence-electron chi connectivity index (χ0n) is 23.1. The SMILES string of the molecule is Cc1cc(C2CCN(C(=O)OC(C)(C)C)CC2)cc([N+](=O)[O-])c1OCc1c(Cl)ncnc1N1CCS(=O)(=O)CC1. The molecule has 1 aromatic carbocycles. The number of nitrogens with zero attached hydrogens (tertiary/aromatic N) is 5. The number of aryl methyl sites for hydroxylation is 1. The fraction of sp³-hybridized carbons (Fsp3) is 0.577. The lowest BCUT2D eigenvalue weighted by molar-refractivity contribution is -0.386. The maximum Gasteiger partial charge on any atom is 0.410 e. The Balaban J connectivity index is 1.50. The summed E-state index contributed by atoms with van der Waals surface area (Å²) in [5.41, 5.74) is 1.10. The summed E-state index contributed by atoms with van der Waals surface area (Å²) in [7, 11) is -3.10. The van der Waals surface area contributed by atoms with Gasteiger partial charge in [0.1, 0.15) is 29.5 Å². The number of likely N-dealkylation sites (tertiary alicyclic amines) is 1. The van der Waals surface area contributed by atoms with Crippen LogP contribution < -0.4 is 9.64 Å². The number of rotatable bonds is 6. The number of carbonyl (C=O) groups excluding carboxylic acids is 1. The van der Waals surface area contributed by atoms with Crippen LogP contribution in [0.3, 0.4) is 0 Å². The number of amides is 1. The van der Waals surface area contributed by atoms with E-state index in [0.29, 0.717) is 42.9 Å². The Bertz CT molecular complexity index is 1370. The van der Waals surface area contributed by atoms with Gasteiger partial charge in [-0.05, 0) is 57.6 Å². The summed E-state index contributed by atoms with van der Waals surface area (Å²) in [4.78, 5) is 35.8. The lowest BCUT2D eigenvalue weighted by atomic mass is 9.88. The molecule has 2 aromatic rings. The average Bonchev–Trinajstić information content (AvgIpc) is 2.87. The molecule has 2 aliphatic rings. The number of hydrogen-bond acceptors (Lipinski definition) is 10. The third-order valence-electron chi connectivity index (χ3n) is 6.97. The largest absolute Gasteiger partial charge is 0.481 e. The molecule has 0 bridgehead atoms. The fourth-order valence-electron chi connectivity index (χ4n) is 4.91. The number of sulfone groups is 1. The molecule has 2 fully saturated rings. The highest BCUT2D eigenvalue weighted by molar-refractivity contribution is 7.91. The van der Waals surface area contributed by atoms with E-state index in [0.717, 1.165) is 5.56 Å². The van der Waals surface area contributed by atoms with Crippen LogP contribution >= 0.6 is 11.6 Å². The van der Waals surface area contributed by atoms with Gasteiger partial charge in [0, 0.05) is 32.2 Å². The average molecular weight is 596 g/mol. The molecule has 4 rings (SSSR count). The van der Waals surface area contributed by atoms with Gasteiger partial charge in [-0.25, -0.2) is 23.2 Å². The highest BCUT2D eigenvalue weighted by Crippen LogP contribution is 2.39. The van der Waals surface area contributed by atoms with Crippen LogP contribution in [0.5, 0.6) is 5.75 Å². The summed E-state index contributed by atoms with van der Waals surface area (Å²) in [5.74, 6) is 0.606. The maximum atomic E-state index is 12.4. The predicted molar refractivity (Wildman–Crippen MR) is 150 cm³/mol. The Morgan fingerprint density at radius 2 is 1.80 bits per heavy atom. The van der Waals surface area contributed by atoms with Gasteiger partial charge in [-0.2, -0.15) is 0 Å². The first-order valence-electron chi connectivity index (χ1n) is 13.1. The van der Waals surface area contributed by atoms with Gasteiger partial charge in [-0.1, -0.05) is 17.7 Å². The number of nitro groups is 1. The van der Waals surface area contributed by atoms with Gasteiger partial charge in [-0.3, -0.25) is 10.1 Å². The third-order valence-corrected chi connectivity index (χ3v) is 8.90. The molecule has 1 aromatic heterocycles. The van der Waals surface area contributed by atoms with Crippen molar-refractivity contribution in [3.05, 3.63) is 50.4 Å². The highest BCUT2D eigenvalue weighted by atomic mass is 35.5. The minimum atomic E-state index is -3.10. The first kappa shape index (κ1) is 29.8. The summed E-state index contributed by atoms with van der Waals surface area (Å²) >= 11 is 6.36. The summed E-state index contributed by atoms with van der Waals surface area (Å²) in [6.45, 7) is 8.59. The van der Waals surface area contributed by atoms with Crippen LogP contribution in [-0.4, -0.2) is 77.6 Å². The molecule has 2 saturated heterocycles. The summed E-state index contributed by atoms with van der Waals surface area (Å²) in [6.07, 6.45) is 2.25. The van der Waals surface area contributed by atoms with Gasteiger partial charge in [0.15, 0.2) is 15.6 Å². The summed E-state index contributed by atoms with van der Waals surface area (Å²) in [6, 6.07) is 3.42. The van der Waals surface area contributed by atoms with Crippen LogP contribution in [-0.2, 0) is 21.2 Å². The van der Waals surface area contributed by atoms with Crippen LogP contribution in [0.25, 0.3) is 0 Å². The second-order valence-electron chi connectivity index (χ2n) is 11.1. The molecule has 2 aliphatic heterocycles. The van der Waals surface area contributed by atoms with E-state index in [4.69, 9.17) is 21.1 Å². The van der Waals surface area contributed by atoms with Crippen LogP contribution in [0.4, 0.5) is 16.3 Å². The number of aromatic nitrogens is 2. The molecule has 0 unspecified atom stereocenters. The van der Waals surface area contributed by atoms with E-state index in [1.807, 2.05) is 26.8 Å². The van der Waals surface area contributed by atoms with Crippen molar-refractivity contribution < 1.29 is 27.6 Å². The molecule has 3 heterocycles. The van der Waals surface area contributed by atoms with Crippen molar-refractivity contribution in [1.29, 1.82) is 0 Å². The van der Waals surface area contributed by atoms with E-state index < -0.39 is 20.4 Å². The van der Waals surface area contributed by atoms with E-state index in [9.17, 15) is 23.3 Å². The smallest absolute Gasteiger partial charge is 0.410 e. The van der Waals surface area contributed by atoms with E-state index in [-0.39, 0.29) is 59.8 Å². The number of halogens is 1. The number of nitro benzene ring substituents is 1. The molecule has 218 valence electrons. The summed E-state index contributed by atoms with van der Waals surface area (Å²) in [5, 5.41) is 12.2. The standard InChI is InChI=1S/C26H34ClN5O7S/c1-17-13-19(18-5-7-31(8-6-18)25(33)39-26(2,3)4)14-21(32(34)35)22(17)38-15-20-23(27)28-16-29-24(20)30-9-11-40(36,37)12-10-30/h13-14,16,18H,5-12,15H2,1-4H3. The zero-order valence-corrected chi connectivity index (χ0v) is 24.6. The molecular formula is C26H34ClN5O7S. The van der Waals surface area contributed by atoms with E-state index in [2.05, 4.69) is 9.97 Å². The summed E-state index contributed by atoms with van der Waals surface area (Å²) < 4.78 is 35.2. The van der Waals surface area contributed by atoms with Crippen LogP contribution in [0.1, 0.15) is 56.2 Å². The van der Waals surface area contributed by atoms with Crippen molar-refractivity contribution in [1.82, 2.24) is 14.9 Å². The molecule has 12 nitrogen and oxygen atoms in total. The normalized spacial score (nSPS) is 17.9. The van der Waals surface area contributed by atoms with Gasteiger partial charge >= 0.3 is 11.8 Å². The van der Waals surface area contributed by atoms with E-state index in [1.54, 1.807) is 16.7 Å². The van der Waals surface area contributed by atoms with Crippen molar-refractivity contribution >= 4 is 39.0 Å². The minimum absolute atomic E-state index is 0.00232. The molecule has 14 heteroatoms. The van der Waals surface area contributed by atoms with Crippen molar-refractivity contribution in [3.63, 3.8) is 0 Å². The number of carbonyl (C=O) groups is 1. The van der Waals surface area contributed by atoms with Crippen molar-refractivity contribution in [2.75, 3.05) is 42.6 Å². The van der Waals surface area contributed by atoms with E-state index >= 15 is 0 Å². The topological polar surface area (TPSA) is 145 Å². The Kier molecular flexibility index (Phi) is 8.74. The Hall–Kier alpha value is -3.19. The molecular weight excluding hydrogens is 562 g/mol. The van der Waals surface area contributed by atoms with Gasteiger partial charge in [0.2, 0.25) is 0 Å². The predicted octanol–water partition coefficient (Wildman–Crippen LogP) is 4.27. The van der Waals surface area contributed by atoms with E-state index in [1.165, 1.54) is 12.4 Å². The zero-order chi connectivity index (χ0) is 29.2. The van der Waals surface area contributed by atoms with Gasteiger partial charge in [-0.15, -0.1) is 0 Å². The fourth-order valence-corrected chi connectivity index (χ4v) is 6.30. The van der Waals surface area contributed by atoms with Crippen LogP contribution in [0.2, 0.25) is 5.15 Å². The quantitative estimate of drug-likeness (QED) is 0.269. The van der Waals surface area contributed by atoms with Gasteiger partial charge < -0.3 is 19.3 Å². The van der Waals surface area contributed by atoms with Gasteiger partial charge in [0.05, 0.1) is 22.0 Å². The molecule has 0 spiro atoms. The molecule has 40 heavy (non-hydrogen) atoms. The first-order valence-corrected chi connectivity index (χ1v) is 15.3. The molecule has 0 N–H and O–H groups in total. The highest BCUT2D eigenvalue weighted by Gasteiger charge is 2.30. The minimum Gasteiger partial charge on any atom is -0.481 e. The number of benzene rings is 1. The second kappa shape index (κ2) is 11.7. The van der Waals surface area contributed by atoms with Crippen molar-refractivity contribution in [2.24, 2.45) is 0 Å². The molecule has 0 aliphatic carbocycles. The van der Waals surface area contributed by atoms with Crippen molar-refractivity contribution in [3.8, 4) is 5.75 Å². The van der Waals surface area contributed by atoms with Crippen LogP contribution in [0.15, 0.2) is 18.5 Å². The second-order valence-corrected chi connectivity index (χ2v) is 13.7. The third kappa shape index (κ3) is 7.11. The Morgan fingerprint density at radius 3 is 2.40 bits per heavy atom. The number of hydrogen-bond donors (Lipinski definition) is 0. The lowest BCUT2D eigenvalue weighted by Gasteiger charge is -2.33. The Labute approximate surface area is 238 Å². The van der Waals surface area contributed by atoms with Crippen molar-refractivity contribution in [2.45, 2.75) is 58.7 Å². The number of piperidine rings is 1. The Morgan fingerprint density at radius 1 is 1.15 bits per heavy atom. The number of ether oxygens (including phenoxy) is 2. The monoisotopic (exact) mass is 595 g/mol. The molecule has 1 amide bonds. The lowest BCUT2D eigenvalue weighted by Crippen LogP contribution is -2.41. The van der Waals surface area contributed by atoms with Gasteiger partial charge in [0.25, 0.3) is 0 Å². The molecule has 0 radical (unpaired) electrons. The van der Waals surface area contributed by atoms with Crippen LogP contribution in [0, 0.1) is 17.0 Å². The number of anilines is 1. The molecule has 0 atom stereocenters. The maximum absolute atomic E-state index is 12.4. The first-order chi connectivity index (χ1) is 18.7.